The van der Waals surface area contributed by atoms with E-state index in [1.54, 1.807) is 6.92 Å². The quantitative estimate of drug-likeness (QED) is 0.537. The van der Waals surface area contributed by atoms with Crippen LogP contribution < -0.4 is 5.32 Å². The second kappa shape index (κ2) is 9.30. The number of nitrogens with zero attached hydrogens (tertiary/aromatic N) is 1. The SMILES string of the molecule is CCC(C(=O)O)N(CCC(=O)O)CC(=O)NCC(C)C. The Morgan fingerprint density at radius 1 is 1.20 bits per heavy atom. The first-order valence-corrected chi connectivity index (χ1v) is 6.73. The highest BCUT2D eigenvalue weighted by molar-refractivity contribution is 5.80. The van der Waals surface area contributed by atoms with Crippen molar-refractivity contribution in [3.8, 4) is 0 Å². The van der Waals surface area contributed by atoms with E-state index in [9.17, 15) is 14.4 Å². The number of nitrogens with one attached hydrogen (secondary N) is 1. The molecule has 0 radical (unpaired) electrons. The third-order valence-corrected chi connectivity index (χ3v) is 2.78. The third-order valence-electron chi connectivity index (χ3n) is 2.78. The lowest BCUT2D eigenvalue weighted by atomic mass is 10.1. The summed E-state index contributed by atoms with van der Waals surface area (Å²) in [6, 6.07) is -0.848. The van der Waals surface area contributed by atoms with Crippen molar-refractivity contribution in [3.05, 3.63) is 0 Å². The Morgan fingerprint density at radius 3 is 2.20 bits per heavy atom. The fraction of sp³-hybridized carbons (Fsp3) is 0.769. The minimum atomic E-state index is -1.05. The molecule has 0 rings (SSSR count). The number of carbonyl (C=O) groups excluding carboxylic acids is 1. The Morgan fingerprint density at radius 2 is 1.80 bits per heavy atom. The summed E-state index contributed by atoms with van der Waals surface area (Å²) in [6.45, 7) is 6.04. The van der Waals surface area contributed by atoms with E-state index < -0.39 is 18.0 Å². The van der Waals surface area contributed by atoms with Gasteiger partial charge in [0, 0.05) is 13.1 Å². The second-order valence-corrected chi connectivity index (χ2v) is 5.07. The van der Waals surface area contributed by atoms with Crippen LogP contribution >= 0.6 is 0 Å². The first-order valence-electron chi connectivity index (χ1n) is 6.73. The number of carboxylic acid groups (broad SMARTS) is 2. The van der Waals surface area contributed by atoms with Crippen LogP contribution in [0.5, 0.6) is 0 Å². The van der Waals surface area contributed by atoms with E-state index in [0.717, 1.165) is 0 Å². The molecule has 3 N–H and O–H groups in total. The van der Waals surface area contributed by atoms with Crippen molar-refractivity contribution in [1.82, 2.24) is 10.2 Å². The van der Waals surface area contributed by atoms with Gasteiger partial charge in [-0.1, -0.05) is 20.8 Å². The van der Waals surface area contributed by atoms with Gasteiger partial charge in [0.2, 0.25) is 5.91 Å². The number of hydrogen-bond donors (Lipinski definition) is 3. The Kier molecular flexibility index (Phi) is 8.54. The standard InChI is InChI=1S/C13H24N2O5/c1-4-10(13(19)20)15(6-5-12(17)18)8-11(16)14-7-9(2)3/h9-10H,4-8H2,1-3H3,(H,14,16)(H,17,18)(H,19,20). The number of hydrogen-bond acceptors (Lipinski definition) is 4. The fourth-order valence-electron chi connectivity index (χ4n) is 1.73. The molecule has 0 aromatic rings. The van der Waals surface area contributed by atoms with Crippen molar-refractivity contribution in [2.75, 3.05) is 19.6 Å². The van der Waals surface area contributed by atoms with E-state index in [-0.39, 0.29) is 25.4 Å². The first-order chi connectivity index (χ1) is 9.27. The summed E-state index contributed by atoms with van der Waals surface area (Å²) in [6.07, 6.45) is 0.119. The van der Waals surface area contributed by atoms with Crippen molar-refractivity contribution in [2.24, 2.45) is 5.92 Å². The molecule has 0 bridgehead atoms. The maximum atomic E-state index is 11.8. The van der Waals surface area contributed by atoms with Gasteiger partial charge in [-0.2, -0.15) is 0 Å². The van der Waals surface area contributed by atoms with Crippen LogP contribution in [0.1, 0.15) is 33.6 Å². The van der Waals surface area contributed by atoms with Gasteiger partial charge in [0.05, 0.1) is 13.0 Å². The molecule has 0 aliphatic rings. The fourth-order valence-corrected chi connectivity index (χ4v) is 1.73. The van der Waals surface area contributed by atoms with Crippen molar-refractivity contribution < 1.29 is 24.6 Å². The maximum Gasteiger partial charge on any atom is 0.320 e. The normalized spacial score (nSPS) is 12.4. The van der Waals surface area contributed by atoms with E-state index in [1.807, 2.05) is 13.8 Å². The molecule has 20 heavy (non-hydrogen) atoms. The number of carbonyl (C=O) groups is 3. The summed E-state index contributed by atoms with van der Waals surface area (Å²) in [5, 5.41) is 20.5. The van der Waals surface area contributed by atoms with Crippen molar-refractivity contribution in [1.29, 1.82) is 0 Å². The molecule has 0 aromatic heterocycles. The number of amides is 1. The van der Waals surface area contributed by atoms with E-state index in [1.165, 1.54) is 4.90 Å². The van der Waals surface area contributed by atoms with Gasteiger partial charge in [-0.15, -0.1) is 0 Å². The lowest BCUT2D eigenvalue weighted by molar-refractivity contribution is -0.146. The molecule has 0 aromatic carbocycles. The Labute approximate surface area is 119 Å². The molecule has 0 saturated carbocycles. The summed E-state index contributed by atoms with van der Waals surface area (Å²) >= 11 is 0. The van der Waals surface area contributed by atoms with Gasteiger partial charge in [0.15, 0.2) is 0 Å². The molecule has 0 fully saturated rings. The highest BCUT2D eigenvalue weighted by Gasteiger charge is 2.25. The average Bonchev–Trinajstić information content (AvgIpc) is 2.33. The summed E-state index contributed by atoms with van der Waals surface area (Å²) in [4.78, 5) is 34.9. The highest BCUT2D eigenvalue weighted by Crippen LogP contribution is 2.06. The topological polar surface area (TPSA) is 107 Å². The summed E-state index contributed by atoms with van der Waals surface area (Å²) in [5.41, 5.74) is 0. The molecule has 7 nitrogen and oxygen atoms in total. The van der Waals surface area contributed by atoms with Gasteiger partial charge in [-0.25, -0.2) is 0 Å². The minimum absolute atomic E-state index is 0.0369. The molecule has 0 aliphatic carbocycles. The molecule has 0 heterocycles. The second-order valence-electron chi connectivity index (χ2n) is 5.07. The Hall–Kier alpha value is -1.63. The van der Waals surface area contributed by atoms with Crippen LogP contribution in [0.25, 0.3) is 0 Å². The molecular formula is C13H24N2O5. The highest BCUT2D eigenvalue weighted by atomic mass is 16.4. The molecule has 0 saturated heterocycles. The monoisotopic (exact) mass is 288 g/mol. The van der Waals surface area contributed by atoms with Crippen LogP contribution in [-0.2, 0) is 14.4 Å². The van der Waals surface area contributed by atoms with Crippen LogP contribution in [0, 0.1) is 5.92 Å². The maximum absolute atomic E-state index is 11.8. The van der Waals surface area contributed by atoms with E-state index in [0.29, 0.717) is 18.9 Å². The Balaban J connectivity index is 4.62. The number of carboxylic acids is 2. The van der Waals surface area contributed by atoms with Gasteiger partial charge < -0.3 is 15.5 Å². The van der Waals surface area contributed by atoms with Crippen LogP contribution in [0.2, 0.25) is 0 Å². The van der Waals surface area contributed by atoms with E-state index in [2.05, 4.69) is 5.32 Å². The average molecular weight is 288 g/mol. The zero-order valence-corrected chi connectivity index (χ0v) is 12.3. The summed E-state index contributed by atoms with van der Waals surface area (Å²) in [5.74, 6) is -2.05. The number of rotatable bonds is 10. The van der Waals surface area contributed by atoms with E-state index >= 15 is 0 Å². The van der Waals surface area contributed by atoms with Crippen LogP contribution in [-0.4, -0.2) is 58.6 Å². The zero-order chi connectivity index (χ0) is 15.7. The van der Waals surface area contributed by atoms with Crippen molar-refractivity contribution >= 4 is 17.8 Å². The van der Waals surface area contributed by atoms with Gasteiger partial charge in [0.25, 0.3) is 0 Å². The lowest BCUT2D eigenvalue weighted by Gasteiger charge is -2.27. The van der Waals surface area contributed by atoms with Crippen LogP contribution in [0.3, 0.4) is 0 Å². The van der Waals surface area contributed by atoms with Crippen LogP contribution in [0.4, 0.5) is 0 Å². The predicted molar refractivity (Wildman–Crippen MR) is 73.4 cm³/mol. The lowest BCUT2D eigenvalue weighted by Crippen LogP contribution is -2.47. The molecular weight excluding hydrogens is 264 g/mol. The molecule has 1 amide bonds. The van der Waals surface area contributed by atoms with Crippen molar-refractivity contribution in [3.63, 3.8) is 0 Å². The largest absolute Gasteiger partial charge is 0.481 e. The van der Waals surface area contributed by atoms with Gasteiger partial charge in [-0.05, 0) is 12.3 Å². The van der Waals surface area contributed by atoms with Gasteiger partial charge in [-0.3, -0.25) is 19.3 Å². The van der Waals surface area contributed by atoms with E-state index in [4.69, 9.17) is 10.2 Å². The third kappa shape index (κ3) is 7.73. The van der Waals surface area contributed by atoms with Crippen LogP contribution in [0.15, 0.2) is 0 Å². The zero-order valence-electron chi connectivity index (χ0n) is 12.3. The molecule has 0 spiro atoms. The predicted octanol–water partition coefficient (Wildman–Crippen LogP) is 0.399. The van der Waals surface area contributed by atoms with Crippen molar-refractivity contribution in [2.45, 2.75) is 39.7 Å². The molecule has 0 aliphatic heterocycles. The molecule has 7 heteroatoms. The minimum Gasteiger partial charge on any atom is -0.481 e. The smallest absolute Gasteiger partial charge is 0.320 e. The molecule has 1 atom stereocenters. The van der Waals surface area contributed by atoms with Gasteiger partial charge in [0.1, 0.15) is 6.04 Å². The molecule has 116 valence electrons. The van der Waals surface area contributed by atoms with Gasteiger partial charge >= 0.3 is 11.9 Å². The number of aliphatic carboxylic acids is 2. The molecule has 1 unspecified atom stereocenters. The Bertz CT molecular complexity index is 344. The summed E-state index contributed by atoms with van der Waals surface area (Å²) in [7, 11) is 0. The summed E-state index contributed by atoms with van der Waals surface area (Å²) < 4.78 is 0. The first kappa shape index (κ1) is 18.4.